The number of hydrogen-bond acceptors (Lipinski definition) is 1. The molecule has 0 spiro atoms. The van der Waals surface area contributed by atoms with Crippen molar-refractivity contribution < 1.29 is 4.74 Å². The van der Waals surface area contributed by atoms with Crippen LogP contribution in [0.2, 0.25) is 0 Å². The molecule has 10 heavy (non-hydrogen) atoms. The summed E-state index contributed by atoms with van der Waals surface area (Å²) in [7, 11) is 0. The Hall–Kier alpha value is -0.300. The zero-order chi connectivity index (χ0) is 6.97. The standard InChI is InChI=1S/C9H14O/c1-7-6-10-9-5-3-2-4-8(7)9/h2,4,7-9H,3,5-6H2,1H3/t7?,8?,9-/m0/s1. The van der Waals surface area contributed by atoms with Gasteiger partial charge in [-0.2, -0.15) is 0 Å². The molecule has 1 fully saturated rings. The van der Waals surface area contributed by atoms with E-state index in [1.54, 1.807) is 0 Å². The number of hydrogen-bond donors (Lipinski definition) is 0. The van der Waals surface area contributed by atoms with Crippen LogP contribution in [0.1, 0.15) is 19.8 Å². The fraction of sp³-hybridized carbons (Fsp3) is 0.778. The van der Waals surface area contributed by atoms with E-state index in [0.717, 1.165) is 18.4 Å². The smallest absolute Gasteiger partial charge is 0.0644 e. The average molecular weight is 138 g/mol. The van der Waals surface area contributed by atoms with Crippen molar-refractivity contribution in [1.82, 2.24) is 0 Å². The van der Waals surface area contributed by atoms with Crippen molar-refractivity contribution in [3.05, 3.63) is 12.2 Å². The molecule has 1 nitrogen and oxygen atoms in total. The van der Waals surface area contributed by atoms with E-state index in [9.17, 15) is 0 Å². The van der Waals surface area contributed by atoms with Crippen molar-refractivity contribution in [1.29, 1.82) is 0 Å². The summed E-state index contributed by atoms with van der Waals surface area (Å²) in [5.41, 5.74) is 0. The molecule has 1 heterocycles. The minimum atomic E-state index is 0.556. The second kappa shape index (κ2) is 2.39. The summed E-state index contributed by atoms with van der Waals surface area (Å²) in [4.78, 5) is 0. The van der Waals surface area contributed by atoms with Gasteiger partial charge in [0.05, 0.1) is 12.7 Å². The second-order valence-corrected chi connectivity index (χ2v) is 3.43. The van der Waals surface area contributed by atoms with Gasteiger partial charge in [-0.05, 0) is 18.8 Å². The summed E-state index contributed by atoms with van der Waals surface area (Å²) in [5, 5.41) is 0. The molecular weight excluding hydrogens is 124 g/mol. The first-order valence-electron chi connectivity index (χ1n) is 4.16. The summed E-state index contributed by atoms with van der Waals surface area (Å²) in [6, 6.07) is 0. The van der Waals surface area contributed by atoms with Gasteiger partial charge in [-0.15, -0.1) is 0 Å². The molecular formula is C9H14O. The first-order valence-corrected chi connectivity index (χ1v) is 4.16. The number of ether oxygens (including phenoxy) is 1. The van der Waals surface area contributed by atoms with E-state index in [-0.39, 0.29) is 0 Å². The van der Waals surface area contributed by atoms with Crippen molar-refractivity contribution in [3.63, 3.8) is 0 Å². The van der Waals surface area contributed by atoms with Crippen molar-refractivity contribution in [2.45, 2.75) is 25.9 Å². The first kappa shape index (κ1) is 6.41. The topological polar surface area (TPSA) is 9.23 Å². The Morgan fingerprint density at radius 1 is 1.50 bits per heavy atom. The third kappa shape index (κ3) is 0.891. The first-order chi connectivity index (χ1) is 4.88. The van der Waals surface area contributed by atoms with Gasteiger partial charge in [0.2, 0.25) is 0 Å². The zero-order valence-electron chi connectivity index (χ0n) is 6.42. The quantitative estimate of drug-likeness (QED) is 0.465. The Kier molecular flexibility index (Phi) is 1.53. The highest BCUT2D eigenvalue weighted by atomic mass is 16.5. The van der Waals surface area contributed by atoms with Crippen LogP contribution in [0.15, 0.2) is 12.2 Å². The lowest BCUT2D eigenvalue weighted by Crippen LogP contribution is -2.19. The van der Waals surface area contributed by atoms with Crippen LogP contribution in [0.25, 0.3) is 0 Å². The van der Waals surface area contributed by atoms with Crippen LogP contribution in [0.5, 0.6) is 0 Å². The Morgan fingerprint density at radius 3 is 3.20 bits per heavy atom. The van der Waals surface area contributed by atoms with E-state index < -0.39 is 0 Å². The minimum absolute atomic E-state index is 0.556. The van der Waals surface area contributed by atoms with Crippen molar-refractivity contribution in [2.24, 2.45) is 11.8 Å². The molecule has 0 N–H and O–H groups in total. The van der Waals surface area contributed by atoms with E-state index in [4.69, 9.17) is 4.74 Å². The number of fused-ring (bicyclic) bond motifs is 1. The molecule has 0 aromatic heterocycles. The lowest BCUT2D eigenvalue weighted by Gasteiger charge is -2.20. The molecule has 1 saturated heterocycles. The predicted octanol–water partition coefficient (Wildman–Crippen LogP) is 1.99. The van der Waals surface area contributed by atoms with E-state index in [0.29, 0.717) is 6.10 Å². The molecule has 0 aromatic rings. The largest absolute Gasteiger partial charge is 0.377 e. The summed E-state index contributed by atoms with van der Waals surface area (Å²) in [6.07, 6.45) is 7.65. The summed E-state index contributed by atoms with van der Waals surface area (Å²) >= 11 is 0. The van der Waals surface area contributed by atoms with Crippen LogP contribution in [0.4, 0.5) is 0 Å². The van der Waals surface area contributed by atoms with Gasteiger partial charge in [-0.25, -0.2) is 0 Å². The molecule has 1 heteroatoms. The molecule has 1 aliphatic carbocycles. The van der Waals surface area contributed by atoms with Crippen LogP contribution in [-0.4, -0.2) is 12.7 Å². The summed E-state index contributed by atoms with van der Waals surface area (Å²) in [6.45, 7) is 3.25. The molecule has 0 saturated carbocycles. The fourth-order valence-electron chi connectivity index (χ4n) is 1.97. The SMILES string of the molecule is CC1CO[C@H]2CCC=CC12. The highest BCUT2D eigenvalue weighted by molar-refractivity contribution is 5.02. The Morgan fingerprint density at radius 2 is 2.40 bits per heavy atom. The van der Waals surface area contributed by atoms with E-state index in [1.165, 1.54) is 12.8 Å². The number of allylic oxidation sites excluding steroid dienone is 1. The normalized spacial score (nSPS) is 45.5. The third-order valence-electron chi connectivity index (χ3n) is 2.64. The van der Waals surface area contributed by atoms with Crippen LogP contribution in [0.3, 0.4) is 0 Å². The highest BCUT2D eigenvalue weighted by Gasteiger charge is 2.33. The summed E-state index contributed by atoms with van der Waals surface area (Å²) in [5.74, 6) is 1.48. The molecule has 0 radical (unpaired) electrons. The monoisotopic (exact) mass is 138 g/mol. The Labute approximate surface area is 62.1 Å². The van der Waals surface area contributed by atoms with Crippen molar-refractivity contribution in [2.75, 3.05) is 6.61 Å². The minimum Gasteiger partial charge on any atom is -0.377 e. The maximum absolute atomic E-state index is 5.62. The molecule has 0 amide bonds. The Balaban J connectivity index is 2.13. The van der Waals surface area contributed by atoms with E-state index in [1.807, 2.05) is 0 Å². The molecule has 3 atom stereocenters. The molecule has 1 aliphatic heterocycles. The van der Waals surface area contributed by atoms with Gasteiger partial charge < -0.3 is 4.74 Å². The zero-order valence-corrected chi connectivity index (χ0v) is 6.42. The Bertz CT molecular complexity index is 151. The van der Waals surface area contributed by atoms with Crippen molar-refractivity contribution in [3.8, 4) is 0 Å². The number of rotatable bonds is 0. The fourth-order valence-corrected chi connectivity index (χ4v) is 1.97. The van der Waals surface area contributed by atoms with E-state index >= 15 is 0 Å². The molecule has 0 aromatic carbocycles. The lowest BCUT2D eigenvalue weighted by atomic mass is 9.86. The highest BCUT2D eigenvalue weighted by Crippen LogP contribution is 2.33. The third-order valence-corrected chi connectivity index (χ3v) is 2.64. The van der Waals surface area contributed by atoms with Gasteiger partial charge in [0.15, 0.2) is 0 Å². The van der Waals surface area contributed by atoms with Gasteiger partial charge in [0.25, 0.3) is 0 Å². The second-order valence-electron chi connectivity index (χ2n) is 3.43. The van der Waals surface area contributed by atoms with Gasteiger partial charge in [-0.3, -0.25) is 0 Å². The molecule has 2 aliphatic rings. The predicted molar refractivity (Wildman–Crippen MR) is 40.8 cm³/mol. The molecule has 2 unspecified atom stereocenters. The van der Waals surface area contributed by atoms with Gasteiger partial charge in [0, 0.05) is 5.92 Å². The van der Waals surface area contributed by atoms with Gasteiger partial charge >= 0.3 is 0 Å². The maximum Gasteiger partial charge on any atom is 0.0644 e. The maximum atomic E-state index is 5.62. The van der Waals surface area contributed by atoms with Gasteiger partial charge in [-0.1, -0.05) is 19.1 Å². The van der Waals surface area contributed by atoms with Crippen LogP contribution in [-0.2, 0) is 4.74 Å². The summed E-state index contributed by atoms with van der Waals surface area (Å²) < 4.78 is 5.62. The van der Waals surface area contributed by atoms with Crippen molar-refractivity contribution >= 4 is 0 Å². The molecule has 0 bridgehead atoms. The van der Waals surface area contributed by atoms with Crippen LogP contribution < -0.4 is 0 Å². The lowest BCUT2D eigenvalue weighted by molar-refractivity contribution is 0.0888. The van der Waals surface area contributed by atoms with Gasteiger partial charge in [0.1, 0.15) is 0 Å². The average Bonchev–Trinajstić information content (AvgIpc) is 2.34. The molecule has 56 valence electrons. The van der Waals surface area contributed by atoms with E-state index in [2.05, 4.69) is 19.1 Å². The molecule has 2 rings (SSSR count). The van der Waals surface area contributed by atoms with Crippen LogP contribution in [0, 0.1) is 11.8 Å². The van der Waals surface area contributed by atoms with Crippen LogP contribution >= 0.6 is 0 Å².